The molecule has 1 fully saturated rings. The maximum atomic E-state index is 11.4. The molecule has 112 valence electrons. The molecule has 6 heteroatoms. The van der Waals surface area contributed by atoms with Crippen molar-refractivity contribution in [3.05, 3.63) is 21.5 Å². The molecular weight excluding hydrogens is 256 g/mol. The number of nitrogens with one attached hydrogen (secondary N) is 1. The van der Waals surface area contributed by atoms with Crippen molar-refractivity contribution in [2.45, 2.75) is 52.0 Å². The monoisotopic (exact) mass is 280 g/mol. The summed E-state index contributed by atoms with van der Waals surface area (Å²) in [5, 5.41) is 19.2. The minimum atomic E-state index is -0.261. The van der Waals surface area contributed by atoms with Gasteiger partial charge in [0.25, 0.3) is 0 Å². The predicted octanol–water partition coefficient (Wildman–Crippen LogP) is 2.21. The van der Waals surface area contributed by atoms with Crippen LogP contribution in [0.4, 0.5) is 5.69 Å². The molecule has 1 aromatic heterocycles. The molecule has 0 aromatic carbocycles. The van der Waals surface area contributed by atoms with E-state index in [0.29, 0.717) is 30.5 Å². The zero-order valence-electron chi connectivity index (χ0n) is 12.6. The third kappa shape index (κ3) is 3.17. The first-order valence-electron chi connectivity index (χ1n) is 7.50. The molecule has 0 bridgehead atoms. The SMILES string of the molecule is CCCc1nn(C)c(CC(NCC)C2CC2)c1[N+](=O)[O-]. The molecule has 1 aliphatic rings. The van der Waals surface area contributed by atoms with Crippen LogP contribution in [0.5, 0.6) is 0 Å². The maximum absolute atomic E-state index is 11.4. The van der Waals surface area contributed by atoms with Crippen LogP contribution in [0.2, 0.25) is 0 Å². The van der Waals surface area contributed by atoms with Crippen LogP contribution in [0.25, 0.3) is 0 Å². The molecule has 1 aromatic rings. The van der Waals surface area contributed by atoms with Gasteiger partial charge in [-0.1, -0.05) is 20.3 Å². The zero-order valence-corrected chi connectivity index (χ0v) is 12.6. The first kappa shape index (κ1) is 15.0. The van der Waals surface area contributed by atoms with Crippen molar-refractivity contribution in [2.24, 2.45) is 13.0 Å². The van der Waals surface area contributed by atoms with E-state index in [2.05, 4.69) is 17.3 Å². The fourth-order valence-corrected chi connectivity index (χ4v) is 2.83. The molecule has 0 aliphatic heterocycles. The van der Waals surface area contributed by atoms with Crippen molar-refractivity contribution in [2.75, 3.05) is 6.54 Å². The number of nitro groups is 1. The molecule has 0 spiro atoms. The Kier molecular flexibility index (Phi) is 4.75. The van der Waals surface area contributed by atoms with E-state index < -0.39 is 0 Å². The molecule has 1 atom stereocenters. The van der Waals surface area contributed by atoms with E-state index in [-0.39, 0.29) is 10.6 Å². The Morgan fingerprint density at radius 3 is 2.70 bits per heavy atom. The Morgan fingerprint density at radius 2 is 2.20 bits per heavy atom. The molecule has 2 rings (SSSR count). The average molecular weight is 280 g/mol. The molecular formula is C14H24N4O2. The summed E-state index contributed by atoms with van der Waals surface area (Å²) in [6.07, 6.45) is 4.69. The van der Waals surface area contributed by atoms with Crippen molar-refractivity contribution in [1.29, 1.82) is 0 Å². The van der Waals surface area contributed by atoms with Gasteiger partial charge in [-0.15, -0.1) is 0 Å². The summed E-state index contributed by atoms with van der Waals surface area (Å²) in [4.78, 5) is 11.1. The van der Waals surface area contributed by atoms with Crippen molar-refractivity contribution in [3.8, 4) is 0 Å². The number of aryl methyl sites for hydroxylation is 2. The molecule has 0 saturated heterocycles. The van der Waals surface area contributed by atoms with Gasteiger partial charge in [-0.25, -0.2) is 0 Å². The highest BCUT2D eigenvalue weighted by Gasteiger charge is 2.34. The lowest BCUT2D eigenvalue weighted by Crippen LogP contribution is -2.33. The number of aromatic nitrogens is 2. The topological polar surface area (TPSA) is 73.0 Å². The van der Waals surface area contributed by atoms with Gasteiger partial charge in [-0.3, -0.25) is 14.8 Å². The second-order valence-corrected chi connectivity index (χ2v) is 5.58. The smallest absolute Gasteiger partial charge is 0.313 e. The summed E-state index contributed by atoms with van der Waals surface area (Å²) >= 11 is 0. The van der Waals surface area contributed by atoms with E-state index in [1.165, 1.54) is 12.8 Å². The lowest BCUT2D eigenvalue weighted by atomic mass is 10.0. The van der Waals surface area contributed by atoms with Crippen LogP contribution in [0.15, 0.2) is 0 Å². The first-order valence-corrected chi connectivity index (χ1v) is 7.50. The Morgan fingerprint density at radius 1 is 1.50 bits per heavy atom. The van der Waals surface area contributed by atoms with Gasteiger partial charge in [0.05, 0.1) is 4.92 Å². The van der Waals surface area contributed by atoms with Gasteiger partial charge >= 0.3 is 5.69 Å². The van der Waals surface area contributed by atoms with Crippen molar-refractivity contribution in [1.82, 2.24) is 15.1 Å². The lowest BCUT2D eigenvalue weighted by Gasteiger charge is -2.16. The van der Waals surface area contributed by atoms with E-state index in [1.807, 2.05) is 14.0 Å². The van der Waals surface area contributed by atoms with Gasteiger partial charge < -0.3 is 5.32 Å². The van der Waals surface area contributed by atoms with Crippen LogP contribution < -0.4 is 5.32 Å². The van der Waals surface area contributed by atoms with E-state index in [9.17, 15) is 10.1 Å². The first-order chi connectivity index (χ1) is 9.58. The summed E-state index contributed by atoms with van der Waals surface area (Å²) in [6.45, 7) is 4.99. The Labute approximate surface area is 119 Å². The molecule has 1 heterocycles. The van der Waals surface area contributed by atoms with E-state index in [0.717, 1.165) is 18.7 Å². The number of likely N-dealkylation sites (N-methyl/N-ethyl adjacent to an activating group) is 1. The summed E-state index contributed by atoms with van der Waals surface area (Å²) < 4.78 is 1.70. The normalized spacial score (nSPS) is 16.4. The quantitative estimate of drug-likeness (QED) is 0.585. The number of nitrogens with zero attached hydrogens (tertiary/aromatic N) is 3. The van der Waals surface area contributed by atoms with E-state index in [1.54, 1.807) is 4.68 Å². The highest BCUT2D eigenvalue weighted by molar-refractivity contribution is 5.42. The van der Waals surface area contributed by atoms with Crippen molar-refractivity contribution in [3.63, 3.8) is 0 Å². The number of hydrogen-bond donors (Lipinski definition) is 1. The van der Waals surface area contributed by atoms with Gasteiger partial charge in [-0.05, 0) is 31.7 Å². The third-order valence-electron chi connectivity index (χ3n) is 3.95. The molecule has 0 radical (unpaired) electrons. The second kappa shape index (κ2) is 6.35. The van der Waals surface area contributed by atoms with Crippen LogP contribution in [0.1, 0.15) is 44.5 Å². The summed E-state index contributed by atoms with van der Waals surface area (Å²) in [5.41, 5.74) is 1.62. The van der Waals surface area contributed by atoms with E-state index in [4.69, 9.17) is 0 Å². The van der Waals surface area contributed by atoms with Crippen molar-refractivity contribution < 1.29 is 4.92 Å². The highest BCUT2D eigenvalue weighted by Crippen LogP contribution is 2.35. The highest BCUT2D eigenvalue weighted by atomic mass is 16.6. The summed E-state index contributed by atoms with van der Waals surface area (Å²) in [6, 6.07) is 0.337. The van der Waals surface area contributed by atoms with Gasteiger partial charge in [-0.2, -0.15) is 5.10 Å². The standard InChI is InChI=1S/C14H24N4O2/c1-4-6-11-14(18(19)20)13(17(3)16-11)9-12(15-5-2)10-7-8-10/h10,12,15H,4-9H2,1-3H3. The number of hydrogen-bond acceptors (Lipinski definition) is 4. The molecule has 1 saturated carbocycles. The summed E-state index contributed by atoms with van der Waals surface area (Å²) in [7, 11) is 1.82. The maximum Gasteiger partial charge on any atom is 0.313 e. The fraction of sp³-hybridized carbons (Fsp3) is 0.786. The van der Waals surface area contributed by atoms with Crippen molar-refractivity contribution >= 4 is 5.69 Å². The zero-order chi connectivity index (χ0) is 14.7. The van der Waals surface area contributed by atoms with Crippen LogP contribution in [0, 0.1) is 16.0 Å². The van der Waals surface area contributed by atoms with Gasteiger partial charge in [0.1, 0.15) is 11.4 Å². The van der Waals surface area contributed by atoms with Crippen LogP contribution in [0.3, 0.4) is 0 Å². The van der Waals surface area contributed by atoms with Crippen LogP contribution in [-0.4, -0.2) is 27.3 Å². The Hall–Kier alpha value is -1.43. The minimum Gasteiger partial charge on any atom is -0.314 e. The molecule has 1 unspecified atom stereocenters. The molecule has 1 N–H and O–H groups in total. The van der Waals surface area contributed by atoms with E-state index >= 15 is 0 Å². The summed E-state index contributed by atoms with van der Waals surface area (Å²) in [5.74, 6) is 0.666. The minimum absolute atomic E-state index is 0.234. The second-order valence-electron chi connectivity index (χ2n) is 5.58. The fourth-order valence-electron chi connectivity index (χ4n) is 2.83. The van der Waals surface area contributed by atoms with Gasteiger partial charge in [0, 0.05) is 19.5 Å². The molecule has 20 heavy (non-hydrogen) atoms. The molecule has 0 amide bonds. The largest absolute Gasteiger partial charge is 0.314 e. The third-order valence-corrected chi connectivity index (χ3v) is 3.95. The number of rotatable bonds is 8. The Bertz CT molecular complexity index is 480. The molecule has 1 aliphatic carbocycles. The van der Waals surface area contributed by atoms with Gasteiger partial charge in [0.2, 0.25) is 0 Å². The lowest BCUT2D eigenvalue weighted by molar-refractivity contribution is -0.386. The average Bonchev–Trinajstić information content (AvgIpc) is 3.16. The predicted molar refractivity (Wildman–Crippen MR) is 77.8 cm³/mol. The molecule has 6 nitrogen and oxygen atoms in total. The van der Waals surface area contributed by atoms with Crippen LogP contribution in [-0.2, 0) is 19.9 Å². The Balaban J connectivity index is 2.26. The van der Waals surface area contributed by atoms with Gasteiger partial charge in [0.15, 0.2) is 0 Å². The van der Waals surface area contributed by atoms with Crippen LogP contribution >= 0.6 is 0 Å².